The van der Waals surface area contributed by atoms with Gasteiger partial charge in [-0.3, -0.25) is 30.1 Å². The molecule has 4 atom stereocenters. The van der Waals surface area contributed by atoms with Gasteiger partial charge in [0, 0.05) is 113 Å². The van der Waals surface area contributed by atoms with E-state index in [0.29, 0.717) is 26.7 Å². The van der Waals surface area contributed by atoms with Gasteiger partial charge in [0.2, 0.25) is 0 Å². The molecule has 4 aromatic rings. The van der Waals surface area contributed by atoms with Gasteiger partial charge in [0.15, 0.2) is 24.2 Å². The first-order chi connectivity index (χ1) is 47.0. The molecule has 0 spiro atoms. The summed E-state index contributed by atoms with van der Waals surface area (Å²) in [5.41, 5.74) is 1.42. The van der Waals surface area contributed by atoms with E-state index in [1.54, 1.807) is 59.7 Å². The maximum atomic E-state index is 11.4. The van der Waals surface area contributed by atoms with Gasteiger partial charge in [-0.15, -0.1) is 0 Å². The Bertz CT molecular complexity index is 3250. The van der Waals surface area contributed by atoms with Crippen molar-refractivity contribution in [2.24, 2.45) is 41.6 Å². The van der Waals surface area contributed by atoms with Crippen molar-refractivity contribution < 1.29 is 170 Å². The quantitative estimate of drug-likeness (QED) is 0.0336. The first-order valence-corrected chi connectivity index (χ1v) is 34.8. The zero-order chi connectivity index (χ0) is 84.2. The van der Waals surface area contributed by atoms with Gasteiger partial charge in [0.05, 0.1) is 9.40 Å². The summed E-state index contributed by atoms with van der Waals surface area (Å²) in [6.07, 6.45) is 5.50. The van der Waals surface area contributed by atoms with Crippen LogP contribution in [-0.4, -0.2) is 168 Å². The van der Waals surface area contributed by atoms with Gasteiger partial charge in [-0.05, 0) is 96.7 Å². The Morgan fingerprint density at radius 1 is 0.379 bits per heavy atom. The number of benzene rings is 4. The number of halogens is 3. The Balaban J connectivity index is -0.000000182. The Morgan fingerprint density at radius 2 is 0.592 bits per heavy atom. The van der Waals surface area contributed by atoms with Gasteiger partial charge in [0.1, 0.15) is 23.0 Å². The average molecular weight is 1800 g/mol. The van der Waals surface area contributed by atoms with Gasteiger partial charge in [-0.25, -0.2) is 19.2 Å². The molecule has 0 saturated heterocycles. The first-order valence-electron chi connectivity index (χ1n) is 30.2. The van der Waals surface area contributed by atoms with E-state index in [0.717, 1.165) is 124 Å². The number of non-ortho nitro benzene ring substituents is 1. The van der Waals surface area contributed by atoms with Crippen molar-refractivity contribution in [2.45, 2.75) is 193 Å². The zero-order valence-electron chi connectivity index (χ0n) is 63.3. The second kappa shape index (κ2) is 54.4. The molecule has 103 heavy (non-hydrogen) atoms. The molecule has 0 aliphatic rings. The third-order valence-electron chi connectivity index (χ3n) is 12.9. The Hall–Kier alpha value is -5.14. The van der Waals surface area contributed by atoms with Crippen LogP contribution in [0.4, 0.5) is 5.69 Å². The summed E-state index contributed by atoms with van der Waals surface area (Å²) < 4.78 is 34.9. The normalized spacial score (nSPS) is 12.2. The number of aryl methyl sites for hydroxylation is 1. The fourth-order valence-corrected chi connectivity index (χ4v) is 9.85. The molecule has 27 nitrogen and oxygen atoms in total. The molecule has 0 aliphatic heterocycles. The van der Waals surface area contributed by atoms with E-state index in [9.17, 15) is 70.1 Å². The third-order valence-corrected chi connectivity index (χ3v) is 14.4. The fourth-order valence-electron chi connectivity index (χ4n) is 8.12. The maximum absolute atomic E-state index is 11.4. The van der Waals surface area contributed by atoms with E-state index in [-0.39, 0.29) is 45.1 Å². The number of aliphatic carboxylic acids is 4. The number of hydrogen-bond donors (Lipinski definition) is 12. The van der Waals surface area contributed by atoms with Crippen LogP contribution in [0.1, 0.15) is 190 Å². The van der Waals surface area contributed by atoms with E-state index >= 15 is 0 Å². The number of carboxylic acid groups (broad SMARTS) is 4. The van der Waals surface area contributed by atoms with Crippen LogP contribution in [-0.2, 0) is 120 Å². The number of nitrogens with zero attached hydrogens (tertiary/aromatic N) is 5. The second-order valence-corrected chi connectivity index (χ2v) is 31.1. The van der Waals surface area contributed by atoms with E-state index in [2.05, 4.69) is 67.8 Å². The van der Waals surface area contributed by atoms with Crippen LogP contribution < -0.4 is 0 Å². The minimum atomic E-state index is -1.10. The van der Waals surface area contributed by atoms with Crippen molar-refractivity contribution in [3.63, 3.8) is 0 Å². The van der Waals surface area contributed by atoms with Crippen molar-refractivity contribution in [1.29, 1.82) is 0 Å². The Labute approximate surface area is 668 Å². The number of phenols is 4. The summed E-state index contributed by atoms with van der Waals surface area (Å²) in [5.74, 6) is -3.82. The molecule has 0 heterocycles. The molecule has 0 amide bonds. The molecule has 0 aliphatic carbocycles. The number of carboxylic acids is 4. The van der Waals surface area contributed by atoms with E-state index in [1.165, 1.54) is 37.0 Å². The molecule has 34 heteroatoms. The van der Waals surface area contributed by atoms with Crippen molar-refractivity contribution in [2.75, 3.05) is 28.4 Å². The molecule has 0 unspecified atom stereocenters. The van der Waals surface area contributed by atoms with Crippen molar-refractivity contribution in [3.8, 4) is 23.0 Å². The molecule has 12 N–H and O–H groups in total. The molecule has 0 radical (unpaired) electrons. The molecule has 0 bridgehead atoms. The molecule has 0 saturated carbocycles. The number of nitro groups is 1. The van der Waals surface area contributed by atoms with Gasteiger partial charge in [0.25, 0.3) is 5.69 Å². The summed E-state index contributed by atoms with van der Waals surface area (Å²) in [4.78, 5) is 72.4. The van der Waals surface area contributed by atoms with Gasteiger partial charge in [-0.2, -0.15) is 0 Å². The molecule has 4 aromatic carbocycles. The van der Waals surface area contributed by atoms with Crippen LogP contribution >= 0.6 is 47.8 Å². The molecule has 0 fully saturated rings. The number of aromatic hydroxyl groups is 4. The second-order valence-electron chi connectivity index (χ2n) is 28.4. The van der Waals surface area contributed by atoms with Crippen LogP contribution in [0.25, 0.3) is 0 Å². The molecule has 580 valence electrons. The number of phenolic OH excluding ortho intramolecular Hbond substituents is 4. The Morgan fingerprint density at radius 3 is 0.825 bits per heavy atom. The van der Waals surface area contributed by atoms with E-state index < -0.39 is 80.0 Å². The first kappa shape index (κ1) is 114. The van der Waals surface area contributed by atoms with Gasteiger partial charge >= 0.3 is 108 Å². The summed E-state index contributed by atoms with van der Waals surface area (Å²) in [5, 5.41) is 117. The molecular weight excluding hydrogens is 1690 g/mol. The van der Waals surface area contributed by atoms with Gasteiger partial charge in [-0.1, -0.05) is 183 Å². The number of rotatable bonds is 13. The summed E-state index contributed by atoms with van der Waals surface area (Å²) in [6, 6.07) is 9.62. The third kappa shape index (κ3) is 43.9. The van der Waals surface area contributed by atoms with Crippen molar-refractivity contribution >= 4 is 102 Å². The van der Waals surface area contributed by atoms with Crippen LogP contribution in [0.15, 0.2) is 81.9 Å². The summed E-state index contributed by atoms with van der Waals surface area (Å²) >= 11 is 14.2. The van der Waals surface area contributed by atoms with Crippen LogP contribution in [0.5, 0.6) is 23.0 Å². The average Bonchev–Trinajstić information content (AvgIpc) is 0.810. The fraction of sp³-hybridized carbons (Fsp3) is 0.536. The van der Waals surface area contributed by atoms with E-state index in [4.69, 9.17) is 35.1 Å². The van der Waals surface area contributed by atoms with Crippen molar-refractivity contribution in [3.05, 3.63) is 117 Å². The molecule has 4 rings (SSSR count). The SMILES string of the molecule is CC(C)(C)[C@H](N=Cc1cc(Br)cc(Br)c1O)C(=O)O.CC(C)(C)c1cc(Br)cc(C=N[C@H](C(=O)O)C(C)(C)C)c1O.CC(C)(C)c1cc([N+](=O)[O-])cc(C=N[C@H](C(=O)O)C(C)(C)C)c1O.CO.CO.CO.CO.Cc1cc(C=N[C@H](C(=O)O)C(C)(C)C)c(O)c(C(C)(C)C)c1.[O]=[V].[O]=[V].[O]=[V].[O]=[V]. The number of aliphatic hydroxyl groups is 4. The summed E-state index contributed by atoms with van der Waals surface area (Å²) in [6.45, 7) is 41.1. The zero-order valence-corrected chi connectivity index (χ0v) is 73.7. The van der Waals surface area contributed by atoms with Crippen LogP contribution in [0.3, 0.4) is 0 Å². The van der Waals surface area contributed by atoms with Gasteiger partial charge < -0.3 is 61.3 Å². The number of hydrogen-bond acceptors (Lipinski definition) is 22. The topological polar surface area (TPSA) is 472 Å². The molecule has 0 aromatic heterocycles. The standard InChI is InChI=1S/C18H27NO3.C17H24BrNO3.C17H24N2O5.C13H15Br2NO3.4CH4O.4O.4V/c1-11-8-12(14(20)13(9-11)17(2,3)4)10-19-15(16(21)22)18(5,6)7;1-16(2,3)12-8-11(18)7-10(13(12)20)9-19-14(15(21)22)17(4,5)6;1-16(2,3)12-8-11(19(23)24)7-10(13(12)20)9-18-14(15(21)22)17(4,5)6;1-13(2,3)11(12(18)19)16-6-7-4-8(14)5-9(15)10(7)17;4*1-2;;;;;;;;/h8-10,15,20H,1-7H3,(H,21,22);7-9,14,20H,1-6H3,(H,21,22);7-9,14,20H,1-6H3,(H,21,22);4-6,11,17H,1-3H3,(H,18,19);4*2H,1H3;;;;;;;;/t15-;2*14-;11-;;;;;;;;;;;;/m1111............/s1. The minimum absolute atomic E-state index is 0.0324. The predicted octanol–water partition coefficient (Wildman–Crippen LogP) is 13.6. The predicted molar refractivity (Wildman–Crippen MR) is 392 cm³/mol. The number of nitro benzene ring substituents is 1. The number of carbonyl (C=O) groups is 4. The number of aliphatic hydroxyl groups excluding tert-OH is 4. The summed E-state index contributed by atoms with van der Waals surface area (Å²) in [7, 11) is 4.00. The van der Waals surface area contributed by atoms with E-state index in [1.807, 2.05) is 129 Å². The van der Waals surface area contributed by atoms with Crippen molar-refractivity contribution in [1.82, 2.24) is 0 Å². The van der Waals surface area contributed by atoms with Crippen LogP contribution in [0, 0.1) is 38.7 Å². The number of aliphatic imine (C=N–C) groups is 4. The Kier molecular flexibility index (Phi) is 60.1. The van der Waals surface area contributed by atoms with Crippen LogP contribution in [0.2, 0.25) is 0 Å². The molecular formula is C69H106Br3N5O22V4. The monoisotopic (exact) mass is 1800 g/mol.